The van der Waals surface area contributed by atoms with Crippen LogP contribution >= 0.6 is 35.3 Å². The highest BCUT2D eigenvalue weighted by atomic mass is 127. The third kappa shape index (κ3) is 6.58. The molecule has 0 aliphatic heterocycles. The Hall–Kier alpha value is -0.340. The monoisotopic (exact) mass is 396 g/mol. The molecule has 4 nitrogen and oxygen atoms in total. The van der Waals surface area contributed by atoms with Crippen LogP contribution in [0.1, 0.15) is 24.3 Å². The largest absolute Gasteiger partial charge is 0.356 e. The molecule has 0 aliphatic carbocycles. The van der Waals surface area contributed by atoms with Crippen LogP contribution in [0.25, 0.3) is 0 Å². The van der Waals surface area contributed by atoms with Crippen LogP contribution in [0.3, 0.4) is 0 Å². The van der Waals surface area contributed by atoms with Crippen LogP contribution in [-0.4, -0.2) is 45.1 Å². The van der Waals surface area contributed by atoms with Gasteiger partial charge in [0.1, 0.15) is 0 Å². The number of likely N-dealkylation sites (N-methyl/N-ethyl adjacent to an activating group) is 1. The Morgan fingerprint density at radius 1 is 1.42 bits per heavy atom. The summed E-state index contributed by atoms with van der Waals surface area (Å²) in [6.07, 6.45) is 1.10. The minimum absolute atomic E-state index is 0. The van der Waals surface area contributed by atoms with Crippen molar-refractivity contribution in [2.24, 2.45) is 4.99 Å². The van der Waals surface area contributed by atoms with Crippen molar-refractivity contribution < 1.29 is 0 Å². The van der Waals surface area contributed by atoms with Gasteiger partial charge in [0.2, 0.25) is 0 Å². The molecule has 1 aromatic heterocycles. The fourth-order valence-electron chi connectivity index (χ4n) is 1.68. The molecule has 0 radical (unpaired) electrons. The van der Waals surface area contributed by atoms with E-state index in [1.54, 1.807) is 18.4 Å². The van der Waals surface area contributed by atoms with Crippen molar-refractivity contribution in [2.45, 2.75) is 19.4 Å². The first-order valence-corrected chi connectivity index (χ1v) is 7.21. The normalized spacial score (nSPS) is 13.0. The fourth-order valence-corrected chi connectivity index (χ4v) is 2.60. The molecule has 1 rings (SSSR count). The topological polar surface area (TPSA) is 39.7 Å². The molecule has 0 saturated heterocycles. The van der Waals surface area contributed by atoms with E-state index in [2.05, 4.69) is 59.1 Å². The van der Waals surface area contributed by atoms with Gasteiger partial charge >= 0.3 is 0 Å². The maximum atomic E-state index is 4.22. The van der Waals surface area contributed by atoms with Gasteiger partial charge in [0.05, 0.1) is 6.04 Å². The number of hydrogen-bond donors (Lipinski definition) is 2. The van der Waals surface area contributed by atoms with Gasteiger partial charge in [0.25, 0.3) is 0 Å². The van der Waals surface area contributed by atoms with E-state index in [4.69, 9.17) is 0 Å². The molecule has 0 amide bonds. The molecule has 0 fully saturated rings. The highest BCUT2D eigenvalue weighted by Gasteiger charge is 2.15. The summed E-state index contributed by atoms with van der Waals surface area (Å²) in [5, 5.41) is 8.78. The molecular weight excluding hydrogens is 371 g/mol. The van der Waals surface area contributed by atoms with Crippen LogP contribution in [0, 0.1) is 0 Å². The lowest BCUT2D eigenvalue weighted by Crippen LogP contribution is -2.41. The van der Waals surface area contributed by atoms with Gasteiger partial charge in [-0.1, -0.05) is 13.0 Å². The van der Waals surface area contributed by atoms with Gasteiger partial charge in [-0.15, -0.1) is 35.3 Å². The molecule has 1 unspecified atom stereocenters. The first-order chi connectivity index (χ1) is 8.69. The number of hydrogen-bond acceptors (Lipinski definition) is 3. The number of guanidine groups is 1. The third-order valence-electron chi connectivity index (χ3n) is 2.72. The summed E-state index contributed by atoms with van der Waals surface area (Å²) < 4.78 is 0. The predicted octanol–water partition coefficient (Wildman–Crippen LogP) is 2.54. The van der Waals surface area contributed by atoms with E-state index >= 15 is 0 Å². The Morgan fingerprint density at radius 3 is 2.63 bits per heavy atom. The molecule has 110 valence electrons. The average Bonchev–Trinajstić information content (AvgIpc) is 2.86. The van der Waals surface area contributed by atoms with Gasteiger partial charge in [-0.2, -0.15) is 0 Å². The quantitative estimate of drug-likeness (QED) is 0.441. The zero-order chi connectivity index (χ0) is 13.4. The smallest absolute Gasteiger partial charge is 0.191 e. The summed E-state index contributed by atoms with van der Waals surface area (Å²) in [7, 11) is 6.02. The molecule has 1 atom stereocenters. The van der Waals surface area contributed by atoms with Crippen LogP contribution in [-0.2, 0) is 0 Å². The van der Waals surface area contributed by atoms with E-state index in [0.717, 1.165) is 25.5 Å². The van der Waals surface area contributed by atoms with Crippen molar-refractivity contribution in [1.82, 2.24) is 15.5 Å². The van der Waals surface area contributed by atoms with Gasteiger partial charge in [-0.05, 0) is 32.0 Å². The van der Waals surface area contributed by atoms with Crippen molar-refractivity contribution in [3.63, 3.8) is 0 Å². The average molecular weight is 396 g/mol. The molecule has 0 aliphatic rings. The van der Waals surface area contributed by atoms with E-state index < -0.39 is 0 Å². The van der Waals surface area contributed by atoms with E-state index in [1.165, 1.54) is 4.88 Å². The maximum absolute atomic E-state index is 4.22. The Kier molecular flexibility index (Phi) is 10.3. The molecule has 19 heavy (non-hydrogen) atoms. The van der Waals surface area contributed by atoms with Crippen molar-refractivity contribution in [3.8, 4) is 0 Å². The highest BCUT2D eigenvalue weighted by molar-refractivity contribution is 14.0. The Morgan fingerprint density at radius 2 is 2.16 bits per heavy atom. The number of halogens is 1. The van der Waals surface area contributed by atoms with E-state index in [0.29, 0.717) is 6.04 Å². The second-order valence-corrected chi connectivity index (χ2v) is 5.35. The second-order valence-electron chi connectivity index (χ2n) is 4.37. The summed E-state index contributed by atoms with van der Waals surface area (Å²) in [5.74, 6) is 0.875. The lowest BCUT2D eigenvalue weighted by atomic mass is 10.2. The Labute approximate surface area is 137 Å². The van der Waals surface area contributed by atoms with Crippen molar-refractivity contribution in [3.05, 3.63) is 22.4 Å². The van der Waals surface area contributed by atoms with Gasteiger partial charge in [0.15, 0.2) is 5.96 Å². The molecule has 1 aromatic rings. The van der Waals surface area contributed by atoms with Crippen LogP contribution in [0.2, 0.25) is 0 Å². The molecule has 0 bridgehead atoms. The van der Waals surface area contributed by atoms with Crippen molar-refractivity contribution >= 4 is 41.3 Å². The second kappa shape index (κ2) is 10.4. The van der Waals surface area contributed by atoms with Crippen LogP contribution < -0.4 is 10.6 Å². The number of thiophene rings is 1. The van der Waals surface area contributed by atoms with E-state index in [1.807, 2.05) is 0 Å². The van der Waals surface area contributed by atoms with E-state index in [-0.39, 0.29) is 24.0 Å². The van der Waals surface area contributed by atoms with Gasteiger partial charge in [-0.25, -0.2) is 0 Å². The molecule has 0 spiro atoms. The number of aliphatic imine (C=N–C) groups is 1. The van der Waals surface area contributed by atoms with Crippen molar-refractivity contribution in [2.75, 3.05) is 34.2 Å². The molecule has 2 N–H and O–H groups in total. The van der Waals surface area contributed by atoms with Crippen LogP contribution in [0.15, 0.2) is 22.5 Å². The third-order valence-corrected chi connectivity index (χ3v) is 3.70. The van der Waals surface area contributed by atoms with Crippen LogP contribution in [0.5, 0.6) is 0 Å². The maximum Gasteiger partial charge on any atom is 0.191 e. The van der Waals surface area contributed by atoms with Gasteiger partial charge < -0.3 is 15.5 Å². The first kappa shape index (κ1) is 18.7. The summed E-state index contributed by atoms with van der Waals surface area (Å²) >= 11 is 1.79. The lowest BCUT2D eigenvalue weighted by molar-refractivity contribution is 0.302. The number of rotatable bonds is 6. The SMILES string of the molecule is CCCNC(=NC)NCC(c1cccs1)N(C)C.I. The summed E-state index contributed by atoms with van der Waals surface area (Å²) in [6.45, 7) is 3.96. The summed E-state index contributed by atoms with van der Waals surface area (Å²) in [4.78, 5) is 7.82. The highest BCUT2D eigenvalue weighted by Crippen LogP contribution is 2.22. The minimum atomic E-state index is 0. The molecule has 6 heteroatoms. The molecule has 0 aromatic carbocycles. The number of nitrogens with zero attached hydrogens (tertiary/aromatic N) is 2. The van der Waals surface area contributed by atoms with Crippen LogP contribution in [0.4, 0.5) is 0 Å². The minimum Gasteiger partial charge on any atom is -0.356 e. The standard InChI is InChI=1S/C13H24N4S.HI/c1-5-8-15-13(14-2)16-10-11(17(3)4)12-7-6-9-18-12;/h6-7,9,11H,5,8,10H2,1-4H3,(H2,14,15,16);1H. The first-order valence-electron chi connectivity index (χ1n) is 6.33. The summed E-state index contributed by atoms with van der Waals surface area (Å²) in [5.41, 5.74) is 0. The predicted molar refractivity (Wildman–Crippen MR) is 95.8 cm³/mol. The Balaban J connectivity index is 0.00000324. The lowest BCUT2D eigenvalue weighted by Gasteiger charge is -2.24. The number of nitrogens with one attached hydrogen (secondary N) is 2. The molecule has 0 saturated carbocycles. The van der Waals surface area contributed by atoms with E-state index in [9.17, 15) is 0 Å². The fraction of sp³-hybridized carbons (Fsp3) is 0.615. The van der Waals surface area contributed by atoms with Gasteiger partial charge in [-0.3, -0.25) is 4.99 Å². The van der Waals surface area contributed by atoms with Crippen molar-refractivity contribution in [1.29, 1.82) is 0 Å². The summed E-state index contributed by atoms with van der Waals surface area (Å²) in [6, 6.07) is 4.66. The molecule has 1 heterocycles. The Bertz CT molecular complexity index is 352. The molecular formula is C13H25IN4S. The van der Waals surface area contributed by atoms with Gasteiger partial charge in [0, 0.05) is 25.0 Å². The zero-order valence-electron chi connectivity index (χ0n) is 12.1. The zero-order valence-corrected chi connectivity index (χ0v) is 15.3.